The molecule has 0 aliphatic carbocycles. The Balaban J connectivity index is 1.68. The van der Waals surface area contributed by atoms with Crippen molar-refractivity contribution in [3.8, 4) is 5.75 Å². The number of hydrogen-bond donors (Lipinski definition) is 1. The zero-order valence-electron chi connectivity index (χ0n) is 20.5. The Kier molecular flexibility index (Phi) is 5.84. The standard InChI is InChI=1S/C29H26N2O5/c1-16(2)18-5-7-19(8-6-18)26-25(28(33)29(34)31(26)24-13-17(3)36-30-24)27(32)22-10-9-21-15-23(35-4)12-11-20(21)14-22/h5-16,26,32H,1-4H3/b27-25+. The van der Waals surface area contributed by atoms with Crippen LogP contribution in [0.1, 0.15) is 48.3 Å². The summed E-state index contributed by atoms with van der Waals surface area (Å²) < 4.78 is 10.5. The number of rotatable bonds is 5. The topological polar surface area (TPSA) is 92.9 Å². The minimum Gasteiger partial charge on any atom is -0.507 e. The number of ether oxygens (including phenoxy) is 1. The highest BCUT2D eigenvalue weighted by Gasteiger charge is 2.48. The van der Waals surface area contributed by atoms with Gasteiger partial charge in [-0.05, 0) is 52.9 Å². The fourth-order valence-corrected chi connectivity index (χ4v) is 4.57. The van der Waals surface area contributed by atoms with Crippen LogP contribution < -0.4 is 9.64 Å². The van der Waals surface area contributed by atoms with Crippen molar-refractivity contribution in [3.05, 3.63) is 94.8 Å². The number of aliphatic hydroxyl groups is 1. The molecule has 1 aromatic heterocycles. The number of amides is 1. The normalized spacial score (nSPS) is 17.4. The summed E-state index contributed by atoms with van der Waals surface area (Å²) in [5.74, 6) is -0.0263. The number of fused-ring (bicyclic) bond motifs is 1. The van der Waals surface area contributed by atoms with E-state index in [-0.39, 0.29) is 17.2 Å². The van der Waals surface area contributed by atoms with Crippen LogP contribution >= 0.6 is 0 Å². The largest absolute Gasteiger partial charge is 0.507 e. The Bertz CT molecular complexity index is 1510. The molecule has 7 heteroatoms. The smallest absolute Gasteiger partial charge is 0.301 e. The lowest BCUT2D eigenvalue weighted by Gasteiger charge is -2.23. The van der Waals surface area contributed by atoms with Crippen LogP contribution in [0.15, 0.2) is 76.8 Å². The van der Waals surface area contributed by atoms with E-state index >= 15 is 0 Å². The summed E-state index contributed by atoms with van der Waals surface area (Å²) in [6, 6.07) is 19.4. The predicted octanol–water partition coefficient (Wildman–Crippen LogP) is 5.89. The minimum absolute atomic E-state index is 0.00538. The van der Waals surface area contributed by atoms with Gasteiger partial charge < -0.3 is 14.4 Å². The molecular weight excluding hydrogens is 456 g/mol. The number of anilines is 1. The molecule has 1 unspecified atom stereocenters. The number of carbonyl (C=O) groups excluding carboxylic acids is 2. The summed E-state index contributed by atoms with van der Waals surface area (Å²) in [7, 11) is 1.60. The molecule has 7 nitrogen and oxygen atoms in total. The summed E-state index contributed by atoms with van der Waals surface area (Å²) in [4.78, 5) is 27.9. The molecule has 3 aromatic carbocycles. The maximum Gasteiger partial charge on any atom is 0.301 e. The van der Waals surface area contributed by atoms with Gasteiger partial charge in [-0.15, -0.1) is 0 Å². The summed E-state index contributed by atoms with van der Waals surface area (Å²) in [6.07, 6.45) is 0. The monoisotopic (exact) mass is 482 g/mol. The van der Waals surface area contributed by atoms with Gasteiger partial charge in [0.1, 0.15) is 17.3 Å². The van der Waals surface area contributed by atoms with Gasteiger partial charge in [-0.25, -0.2) is 0 Å². The third-order valence-electron chi connectivity index (χ3n) is 6.55. The van der Waals surface area contributed by atoms with E-state index in [2.05, 4.69) is 19.0 Å². The summed E-state index contributed by atoms with van der Waals surface area (Å²) in [6.45, 7) is 5.90. The molecule has 1 amide bonds. The van der Waals surface area contributed by atoms with E-state index in [1.165, 1.54) is 4.90 Å². The van der Waals surface area contributed by atoms with Crippen molar-refractivity contribution in [1.82, 2.24) is 5.16 Å². The van der Waals surface area contributed by atoms with E-state index in [1.54, 1.807) is 32.2 Å². The Hall–Kier alpha value is -4.39. The van der Waals surface area contributed by atoms with E-state index in [0.717, 1.165) is 22.1 Å². The van der Waals surface area contributed by atoms with Crippen LogP contribution in [0.25, 0.3) is 16.5 Å². The second-order valence-electron chi connectivity index (χ2n) is 9.21. The lowest BCUT2D eigenvalue weighted by molar-refractivity contribution is -0.132. The molecule has 1 aliphatic rings. The molecule has 182 valence electrons. The van der Waals surface area contributed by atoms with Gasteiger partial charge in [-0.2, -0.15) is 0 Å². The van der Waals surface area contributed by atoms with Gasteiger partial charge in [0.15, 0.2) is 5.82 Å². The van der Waals surface area contributed by atoms with Crippen molar-refractivity contribution in [3.63, 3.8) is 0 Å². The van der Waals surface area contributed by atoms with Crippen molar-refractivity contribution in [1.29, 1.82) is 0 Å². The van der Waals surface area contributed by atoms with Gasteiger partial charge >= 0.3 is 5.91 Å². The maximum absolute atomic E-state index is 13.3. The third kappa shape index (κ3) is 3.92. The molecule has 5 rings (SSSR count). The number of ketones is 1. The molecule has 0 bridgehead atoms. The highest BCUT2D eigenvalue weighted by molar-refractivity contribution is 6.51. The van der Waals surface area contributed by atoms with Crippen molar-refractivity contribution in [2.75, 3.05) is 12.0 Å². The lowest BCUT2D eigenvalue weighted by atomic mass is 9.92. The average molecular weight is 483 g/mol. The molecular formula is C29H26N2O5. The van der Waals surface area contributed by atoms with Crippen molar-refractivity contribution < 1.29 is 24.0 Å². The van der Waals surface area contributed by atoms with Crippen molar-refractivity contribution in [2.45, 2.75) is 32.7 Å². The Morgan fingerprint density at radius 3 is 2.33 bits per heavy atom. The fourth-order valence-electron chi connectivity index (χ4n) is 4.57. The fraction of sp³-hybridized carbons (Fsp3) is 0.207. The minimum atomic E-state index is -0.859. The van der Waals surface area contributed by atoms with Crippen LogP contribution in [0.5, 0.6) is 5.75 Å². The van der Waals surface area contributed by atoms with Crippen molar-refractivity contribution in [2.24, 2.45) is 0 Å². The first-order chi connectivity index (χ1) is 17.3. The first kappa shape index (κ1) is 23.4. The van der Waals surface area contributed by atoms with Crippen LogP contribution in [-0.4, -0.2) is 29.1 Å². The average Bonchev–Trinajstić information content (AvgIpc) is 3.43. The van der Waals surface area contributed by atoms with Gasteiger partial charge in [-0.1, -0.05) is 61.5 Å². The zero-order chi connectivity index (χ0) is 25.6. The highest BCUT2D eigenvalue weighted by atomic mass is 16.5. The van der Waals surface area contributed by atoms with Crippen LogP contribution in [-0.2, 0) is 9.59 Å². The number of Topliss-reactive ketones (excluding diaryl/α,β-unsaturated/α-hetero) is 1. The first-order valence-electron chi connectivity index (χ1n) is 11.7. The van der Waals surface area contributed by atoms with Gasteiger partial charge in [0.05, 0.1) is 18.7 Å². The predicted molar refractivity (Wildman–Crippen MR) is 137 cm³/mol. The maximum atomic E-state index is 13.3. The molecule has 1 saturated heterocycles. The molecule has 0 spiro atoms. The van der Waals surface area contributed by atoms with Gasteiger partial charge in [-0.3, -0.25) is 14.5 Å². The molecule has 1 atom stereocenters. The van der Waals surface area contributed by atoms with Gasteiger partial charge in [0, 0.05) is 11.6 Å². The number of benzene rings is 3. The molecule has 36 heavy (non-hydrogen) atoms. The molecule has 2 heterocycles. The van der Waals surface area contributed by atoms with E-state index < -0.39 is 17.7 Å². The molecule has 1 fully saturated rings. The molecule has 0 saturated carbocycles. The van der Waals surface area contributed by atoms with E-state index in [1.807, 2.05) is 48.5 Å². The molecule has 1 aliphatic heterocycles. The van der Waals surface area contributed by atoms with Crippen LogP contribution in [0.2, 0.25) is 0 Å². The number of aryl methyl sites for hydroxylation is 1. The number of aliphatic hydroxyl groups excluding tert-OH is 1. The number of hydrogen-bond acceptors (Lipinski definition) is 6. The molecule has 0 radical (unpaired) electrons. The summed E-state index contributed by atoms with van der Waals surface area (Å²) >= 11 is 0. The number of carbonyl (C=O) groups is 2. The number of nitrogens with zero attached hydrogens (tertiary/aromatic N) is 2. The Morgan fingerprint density at radius 2 is 1.69 bits per heavy atom. The van der Waals surface area contributed by atoms with E-state index in [4.69, 9.17) is 9.26 Å². The zero-order valence-corrected chi connectivity index (χ0v) is 20.5. The van der Waals surface area contributed by atoms with Crippen LogP contribution in [0.4, 0.5) is 5.82 Å². The van der Waals surface area contributed by atoms with Crippen LogP contribution in [0, 0.1) is 6.92 Å². The first-order valence-corrected chi connectivity index (χ1v) is 11.7. The lowest BCUT2D eigenvalue weighted by Crippen LogP contribution is -2.29. The third-order valence-corrected chi connectivity index (χ3v) is 6.55. The van der Waals surface area contributed by atoms with Gasteiger partial charge in [0.25, 0.3) is 5.78 Å². The highest BCUT2D eigenvalue weighted by Crippen LogP contribution is 2.42. The van der Waals surface area contributed by atoms with Gasteiger partial charge in [0.2, 0.25) is 0 Å². The number of aromatic nitrogens is 1. The SMILES string of the molecule is COc1ccc2cc(/C(O)=C3\C(=O)C(=O)N(c4cc(C)on4)C3c3ccc(C(C)C)cc3)ccc2c1. The Labute approximate surface area is 208 Å². The number of methoxy groups -OCH3 is 1. The molecule has 1 N–H and O–H groups in total. The van der Waals surface area contributed by atoms with Crippen LogP contribution in [0.3, 0.4) is 0 Å². The quantitative estimate of drug-likeness (QED) is 0.216. The second-order valence-corrected chi connectivity index (χ2v) is 9.21. The summed E-state index contributed by atoms with van der Waals surface area (Å²) in [5, 5.41) is 17.2. The van der Waals surface area contributed by atoms with E-state index in [9.17, 15) is 14.7 Å². The van der Waals surface area contributed by atoms with E-state index in [0.29, 0.717) is 22.8 Å². The summed E-state index contributed by atoms with van der Waals surface area (Å²) in [5.41, 5.74) is 2.25. The Morgan fingerprint density at radius 1 is 1.00 bits per heavy atom. The van der Waals surface area contributed by atoms with Crippen molar-refractivity contribution >= 4 is 34.0 Å². The molecule has 4 aromatic rings. The second kappa shape index (κ2) is 9.00.